The van der Waals surface area contributed by atoms with E-state index < -0.39 is 23.9 Å². The Kier molecular flexibility index (Phi) is 8.29. The van der Waals surface area contributed by atoms with Crippen LogP contribution in [0.4, 0.5) is 23.1 Å². The van der Waals surface area contributed by atoms with Crippen LogP contribution in [0.25, 0.3) is 0 Å². The van der Waals surface area contributed by atoms with Gasteiger partial charge in [-0.05, 0) is 36.2 Å². The molecule has 2 aromatic carbocycles. The summed E-state index contributed by atoms with van der Waals surface area (Å²) in [6.45, 7) is 1.42. The topological polar surface area (TPSA) is 203 Å². The van der Waals surface area contributed by atoms with Gasteiger partial charge in [-0.1, -0.05) is 30.3 Å². The molecule has 0 saturated carbocycles. The highest BCUT2D eigenvalue weighted by molar-refractivity contribution is 5.97. The predicted molar refractivity (Wildman–Crippen MR) is 145 cm³/mol. The van der Waals surface area contributed by atoms with E-state index in [1.165, 1.54) is 0 Å². The van der Waals surface area contributed by atoms with Crippen LogP contribution in [0.5, 0.6) is 0 Å². The van der Waals surface area contributed by atoms with Gasteiger partial charge in [0, 0.05) is 37.3 Å². The van der Waals surface area contributed by atoms with E-state index in [0.717, 1.165) is 5.56 Å². The van der Waals surface area contributed by atoms with Crippen LogP contribution >= 0.6 is 0 Å². The number of aromatic amines is 1. The highest BCUT2D eigenvalue weighted by Gasteiger charge is 2.30. The van der Waals surface area contributed by atoms with E-state index in [9.17, 15) is 24.3 Å². The number of carbonyl (C=O) groups excluding carboxylic acids is 1. The molecule has 1 aromatic heterocycles. The van der Waals surface area contributed by atoms with E-state index in [2.05, 4.69) is 25.9 Å². The molecule has 1 aliphatic heterocycles. The average molecular weight is 536 g/mol. The van der Waals surface area contributed by atoms with Crippen LogP contribution in [-0.4, -0.2) is 63.2 Å². The molecule has 2 unspecified atom stereocenters. The van der Waals surface area contributed by atoms with Crippen molar-refractivity contribution in [1.29, 1.82) is 0 Å². The zero-order valence-electron chi connectivity index (χ0n) is 20.9. The fraction of sp³-hybridized carbons (Fsp3) is 0.269. The number of nitrogens with zero attached hydrogens (tertiary/aromatic N) is 2. The third-order valence-electron chi connectivity index (χ3n) is 6.28. The van der Waals surface area contributed by atoms with E-state index in [1.54, 1.807) is 24.3 Å². The second-order valence-electron chi connectivity index (χ2n) is 9.05. The van der Waals surface area contributed by atoms with Crippen LogP contribution in [0.15, 0.2) is 59.4 Å². The van der Waals surface area contributed by atoms with E-state index in [4.69, 9.17) is 10.8 Å². The normalized spacial score (nSPS) is 15.0. The van der Waals surface area contributed by atoms with E-state index >= 15 is 0 Å². The van der Waals surface area contributed by atoms with Crippen molar-refractivity contribution in [2.24, 2.45) is 0 Å². The largest absolute Gasteiger partial charge is 0.481 e. The molecule has 13 heteroatoms. The molecule has 0 radical (unpaired) electrons. The molecule has 1 amide bonds. The predicted octanol–water partition coefficient (Wildman–Crippen LogP) is 1.31. The molecule has 0 spiro atoms. The smallest absolute Gasteiger partial charge is 0.326 e. The van der Waals surface area contributed by atoms with Gasteiger partial charge < -0.3 is 36.8 Å². The van der Waals surface area contributed by atoms with Gasteiger partial charge >= 0.3 is 11.9 Å². The number of carboxylic acid groups (broad SMARTS) is 2. The van der Waals surface area contributed by atoms with Gasteiger partial charge in [-0.3, -0.25) is 19.4 Å². The first kappa shape index (κ1) is 27.0. The molecule has 4 rings (SSSR count). The minimum atomic E-state index is -1.31. The Morgan fingerprint density at radius 2 is 1.82 bits per heavy atom. The second-order valence-corrected chi connectivity index (χ2v) is 9.05. The Morgan fingerprint density at radius 3 is 2.49 bits per heavy atom. The summed E-state index contributed by atoms with van der Waals surface area (Å²) in [4.78, 5) is 56.2. The third kappa shape index (κ3) is 6.83. The number of nitrogens with one attached hydrogen (secondary N) is 4. The van der Waals surface area contributed by atoms with E-state index in [-0.39, 0.29) is 36.0 Å². The number of fused-ring (bicyclic) bond motifs is 1. The zero-order valence-corrected chi connectivity index (χ0v) is 20.9. The first-order chi connectivity index (χ1) is 18.7. The Hall–Kier alpha value is -5.07. The average Bonchev–Trinajstić information content (AvgIpc) is 2.90. The standard InChI is InChI=1S/C26H29N7O6/c27-26-31-22-21(24(37)32-26)33(14-15-4-2-1-3-5-15)18(13-29-22)12-28-17-8-6-16(7-9-17)23(36)30-19(25(38)39)10-11-20(34)35/h1-9,18-19,28H,10-14H2,(H,30,36)(H,34,35)(H,38,39)(H4,27,29,31,32,37). The number of benzene rings is 2. The summed E-state index contributed by atoms with van der Waals surface area (Å²) in [5.74, 6) is -2.62. The fourth-order valence-corrected chi connectivity index (χ4v) is 4.29. The molecule has 1 aliphatic rings. The SMILES string of the molecule is Nc1nc2c(c(=O)[nH]1)N(Cc1ccccc1)C(CNc1ccc(C(=O)NC(CCC(=O)O)C(=O)O)cc1)CN2. The first-order valence-corrected chi connectivity index (χ1v) is 12.2. The van der Waals surface area contributed by atoms with Crippen LogP contribution in [-0.2, 0) is 16.1 Å². The lowest BCUT2D eigenvalue weighted by Crippen LogP contribution is -2.50. The third-order valence-corrected chi connectivity index (χ3v) is 6.28. The van der Waals surface area contributed by atoms with Gasteiger partial charge in [0.25, 0.3) is 11.5 Å². The number of aromatic nitrogens is 2. The Labute approximate surface area is 223 Å². The number of carboxylic acids is 2. The summed E-state index contributed by atoms with van der Waals surface area (Å²) in [7, 11) is 0. The molecule has 8 N–H and O–H groups in total. The molecule has 13 nitrogen and oxygen atoms in total. The maximum absolute atomic E-state index is 12.8. The molecule has 0 fully saturated rings. The number of carbonyl (C=O) groups is 3. The molecule has 0 bridgehead atoms. The summed E-state index contributed by atoms with van der Waals surface area (Å²) in [5, 5.41) is 26.9. The van der Waals surface area contributed by atoms with Gasteiger partial charge in [0.2, 0.25) is 5.95 Å². The maximum atomic E-state index is 12.8. The summed E-state index contributed by atoms with van der Waals surface area (Å²) in [6, 6.07) is 14.7. The minimum Gasteiger partial charge on any atom is -0.481 e. The van der Waals surface area contributed by atoms with Gasteiger partial charge in [-0.15, -0.1) is 0 Å². The monoisotopic (exact) mass is 535 g/mol. The number of nitrogens with two attached hydrogens (primary N) is 1. The lowest BCUT2D eigenvalue weighted by Gasteiger charge is -2.38. The zero-order chi connectivity index (χ0) is 27.9. The van der Waals surface area contributed by atoms with Crippen LogP contribution in [0, 0.1) is 0 Å². The second kappa shape index (κ2) is 12.0. The number of nitrogen functional groups attached to an aromatic ring is 1. The van der Waals surface area contributed by atoms with Crippen molar-refractivity contribution in [3.63, 3.8) is 0 Å². The van der Waals surface area contributed by atoms with E-state index in [0.29, 0.717) is 36.8 Å². The number of H-pyrrole nitrogens is 1. The minimum absolute atomic E-state index is 0.0307. The summed E-state index contributed by atoms with van der Waals surface area (Å²) < 4.78 is 0. The molecular weight excluding hydrogens is 506 g/mol. The van der Waals surface area contributed by atoms with Gasteiger partial charge in [0.1, 0.15) is 11.7 Å². The number of anilines is 4. The molecule has 204 valence electrons. The van der Waals surface area contributed by atoms with E-state index in [1.807, 2.05) is 35.2 Å². The number of aliphatic carboxylic acids is 2. The Morgan fingerprint density at radius 1 is 1.10 bits per heavy atom. The van der Waals surface area contributed by atoms with Gasteiger partial charge in [0.05, 0.1) is 6.04 Å². The van der Waals surface area contributed by atoms with Gasteiger partial charge in [-0.25, -0.2) is 4.79 Å². The maximum Gasteiger partial charge on any atom is 0.326 e. The van der Waals surface area contributed by atoms with Crippen LogP contribution in [0.1, 0.15) is 28.8 Å². The molecular formula is C26H29N7O6. The number of hydrogen-bond donors (Lipinski definition) is 7. The molecule has 0 saturated heterocycles. The van der Waals surface area contributed by atoms with Crippen molar-refractivity contribution in [3.05, 3.63) is 76.1 Å². The number of hydrogen-bond acceptors (Lipinski definition) is 9. The first-order valence-electron chi connectivity index (χ1n) is 12.2. The van der Waals surface area contributed by atoms with Crippen molar-refractivity contribution in [2.45, 2.75) is 31.5 Å². The van der Waals surface area contributed by atoms with Gasteiger partial charge in [-0.2, -0.15) is 4.98 Å². The lowest BCUT2D eigenvalue weighted by atomic mass is 10.1. The van der Waals surface area contributed by atoms with Gasteiger partial charge in [0.15, 0.2) is 5.82 Å². The molecule has 3 aromatic rings. The molecule has 2 heterocycles. The van der Waals surface area contributed by atoms with Crippen molar-refractivity contribution in [3.8, 4) is 0 Å². The summed E-state index contributed by atoms with van der Waals surface area (Å²) >= 11 is 0. The Bertz CT molecular complexity index is 1390. The van der Waals surface area contributed by atoms with Crippen LogP contribution in [0.3, 0.4) is 0 Å². The molecule has 2 atom stereocenters. The summed E-state index contributed by atoms with van der Waals surface area (Å²) in [6.07, 6.45) is -0.601. The number of rotatable bonds is 11. The Balaban J connectivity index is 1.44. The number of amides is 1. The van der Waals surface area contributed by atoms with Crippen molar-refractivity contribution in [1.82, 2.24) is 15.3 Å². The highest BCUT2D eigenvalue weighted by Crippen LogP contribution is 2.28. The highest BCUT2D eigenvalue weighted by atomic mass is 16.4. The lowest BCUT2D eigenvalue weighted by molar-refractivity contribution is -0.140. The molecule has 0 aliphatic carbocycles. The van der Waals surface area contributed by atoms with Crippen LogP contribution < -0.4 is 32.1 Å². The summed E-state index contributed by atoms with van der Waals surface area (Å²) in [5.41, 5.74) is 7.75. The van der Waals surface area contributed by atoms with Crippen LogP contribution in [0.2, 0.25) is 0 Å². The quantitative estimate of drug-likeness (QED) is 0.186. The van der Waals surface area contributed by atoms with Crippen molar-refractivity contribution < 1.29 is 24.6 Å². The fourth-order valence-electron chi connectivity index (χ4n) is 4.29. The van der Waals surface area contributed by atoms with Crippen molar-refractivity contribution >= 4 is 41.0 Å². The van der Waals surface area contributed by atoms with Crippen molar-refractivity contribution in [2.75, 3.05) is 34.4 Å². The molecule has 39 heavy (non-hydrogen) atoms.